The topological polar surface area (TPSA) is 107 Å². The van der Waals surface area contributed by atoms with E-state index < -0.39 is 6.03 Å². The summed E-state index contributed by atoms with van der Waals surface area (Å²) in [5.41, 5.74) is 5.37. The lowest BCUT2D eigenvalue weighted by molar-refractivity contribution is 0.250. The van der Waals surface area contributed by atoms with Gasteiger partial charge >= 0.3 is 6.03 Å². The fraction of sp³-hybridized carbons (Fsp3) is 0.111. The minimum atomic E-state index is -0.684. The molecule has 0 saturated carbocycles. The van der Waals surface area contributed by atoms with Crippen molar-refractivity contribution in [3.8, 4) is 11.6 Å². The highest BCUT2D eigenvalue weighted by Gasteiger charge is 2.11. The van der Waals surface area contributed by atoms with Crippen molar-refractivity contribution in [1.29, 1.82) is 0 Å². The Hall–Kier alpha value is -2.44. The van der Waals surface area contributed by atoms with Gasteiger partial charge in [0.1, 0.15) is 0 Å². The number of H-pyrrole nitrogens is 1. The van der Waals surface area contributed by atoms with Crippen LogP contribution in [0.1, 0.15) is 5.69 Å². The van der Waals surface area contributed by atoms with E-state index in [0.717, 1.165) is 4.57 Å². The van der Waals surface area contributed by atoms with E-state index in [9.17, 15) is 9.59 Å². The average Bonchev–Trinajstić information content (AvgIpc) is 2.63. The number of amides is 1. The van der Waals surface area contributed by atoms with Gasteiger partial charge in [-0.25, -0.2) is 19.3 Å². The van der Waals surface area contributed by atoms with Crippen LogP contribution in [0.5, 0.6) is 0 Å². The molecular weight excluding hydrogens is 210 g/mol. The fourth-order valence-electron chi connectivity index (χ4n) is 1.34. The largest absolute Gasteiger partial charge is 0.351 e. The molecule has 7 nitrogen and oxygen atoms in total. The van der Waals surface area contributed by atoms with Crippen LogP contribution in [-0.4, -0.2) is 25.6 Å². The van der Waals surface area contributed by atoms with Gasteiger partial charge in [0.2, 0.25) is 0 Å². The minimum Gasteiger partial charge on any atom is -0.351 e. The number of carbonyl (C=O) groups excluding carboxylic acids is 1. The first-order valence-corrected chi connectivity index (χ1v) is 4.49. The lowest BCUT2D eigenvalue weighted by Crippen LogP contribution is -2.21. The molecule has 0 aliphatic heterocycles. The molecule has 0 spiro atoms. The van der Waals surface area contributed by atoms with E-state index in [4.69, 9.17) is 5.73 Å². The molecule has 0 fully saturated rings. The van der Waals surface area contributed by atoms with Crippen LogP contribution in [0, 0.1) is 6.92 Å². The van der Waals surface area contributed by atoms with Gasteiger partial charge in [-0.15, -0.1) is 0 Å². The molecule has 2 rings (SSSR count). The molecule has 0 aliphatic carbocycles. The van der Waals surface area contributed by atoms with Gasteiger partial charge in [0.15, 0.2) is 11.6 Å². The SMILES string of the molecule is Cc1cc(=O)[nH]c(-c2nccn2C(N)=O)n1. The first-order chi connectivity index (χ1) is 7.58. The molecule has 16 heavy (non-hydrogen) atoms. The van der Waals surface area contributed by atoms with Crippen molar-refractivity contribution in [3.05, 3.63) is 34.5 Å². The van der Waals surface area contributed by atoms with Crippen LogP contribution >= 0.6 is 0 Å². The number of nitrogens with zero attached hydrogens (tertiary/aromatic N) is 3. The van der Waals surface area contributed by atoms with Crippen LogP contribution in [0.4, 0.5) is 4.79 Å². The summed E-state index contributed by atoms with van der Waals surface area (Å²) in [4.78, 5) is 32.8. The Morgan fingerprint density at radius 2 is 2.31 bits per heavy atom. The van der Waals surface area contributed by atoms with Gasteiger partial charge in [-0.3, -0.25) is 4.79 Å². The summed E-state index contributed by atoms with van der Waals surface area (Å²) >= 11 is 0. The van der Waals surface area contributed by atoms with Crippen LogP contribution in [0.25, 0.3) is 11.6 Å². The third-order valence-electron chi connectivity index (χ3n) is 1.96. The van der Waals surface area contributed by atoms with Gasteiger partial charge in [0.05, 0.1) is 0 Å². The molecule has 1 amide bonds. The van der Waals surface area contributed by atoms with Crippen LogP contribution in [-0.2, 0) is 0 Å². The van der Waals surface area contributed by atoms with Crippen LogP contribution in [0.3, 0.4) is 0 Å². The third kappa shape index (κ3) is 1.70. The zero-order valence-corrected chi connectivity index (χ0v) is 8.47. The van der Waals surface area contributed by atoms with E-state index in [1.807, 2.05) is 0 Å². The summed E-state index contributed by atoms with van der Waals surface area (Å²) in [5.74, 6) is 0.433. The monoisotopic (exact) mass is 219 g/mol. The zero-order valence-electron chi connectivity index (χ0n) is 8.47. The Labute approximate surface area is 90.0 Å². The molecule has 2 aromatic heterocycles. The quantitative estimate of drug-likeness (QED) is 0.696. The summed E-state index contributed by atoms with van der Waals surface area (Å²) in [7, 11) is 0. The second-order valence-electron chi connectivity index (χ2n) is 3.19. The molecule has 0 radical (unpaired) electrons. The summed E-state index contributed by atoms with van der Waals surface area (Å²) in [6.45, 7) is 1.68. The van der Waals surface area contributed by atoms with Crippen molar-refractivity contribution in [2.75, 3.05) is 0 Å². The minimum absolute atomic E-state index is 0.216. The highest BCUT2D eigenvalue weighted by Crippen LogP contribution is 2.10. The Morgan fingerprint density at radius 1 is 1.56 bits per heavy atom. The predicted octanol–water partition coefficient (Wildman–Crippen LogP) is -0.131. The Kier molecular flexibility index (Phi) is 2.28. The molecule has 0 aromatic carbocycles. The van der Waals surface area contributed by atoms with Crippen LogP contribution in [0.15, 0.2) is 23.3 Å². The van der Waals surface area contributed by atoms with Crippen LogP contribution < -0.4 is 11.3 Å². The predicted molar refractivity (Wildman–Crippen MR) is 55.8 cm³/mol. The van der Waals surface area contributed by atoms with Gasteiger partial charge in [0.25, 0.3) is 5.56 Å². The van der Waals surface area contributed by atoms with Crippen molar-refractivity contribution in [3.63, 3.8) is 0 Å². The standard InChI is InChI=1S/C9H9N5O2/c1-5-4-6(15)13-7(12-5)8-11-2-3-14(8)9(10)16/h2-4H,1H3,(H2,10,16)(H,12,13,15). The summed E-state index contributed by atoms with van der Waals surface area (Å²) in [6, 6.07) is 0.665. The Bertz CT molecular complexity index is 598. The number of nitrogens with two attached hydrogens (primary N) is 1. The maximum Gasteiger partial charge on any atom is 0.324 e. The summed E-state index contributed by atoms with van der Waals surface area (Å²) in [6.07, 6.45) is 2.81. The molecule has 2 heterocycles. The third-order valence-corrected chi connectivity index (χ3v) is 1.96. The molecule has 0 aliphatic rings. The maximum absolute atomic E-state index is 11.2. The zero-order chi connectivity index (χ0) is 11.7. The van der Waals surface area contributed by atoms with Gasteiger partial charge < -0.3 is 10.7 Å². The maximum atomic E-state index is 11.2. The van der Waals surface area contributed by atoms with E-state index in [-0.39, 0.29) is 17.2 Å². The molecule has 82 valence electrons. The lowest BCUT2D eigenvalue weighted by atomic mass is 10.4. The normalized spacial score (nSPS) is 10.3. The van der Waals surface area contributed by atoms with Crippen molar-refractivity contribution in [2.45, 2.75) is 6.92 Å². The van der Waals surface area contributed by atoms with E-state index in [0.29, 0.717) is 5.69 Å². The second-order valence-corrected chi connectivity index (χ2v) is 3.19. The first-order valence-electron chi connectivity index (χ1n) is 4.49. The molecule has 3 N–H and O–H groups in total. The van der Waals surface area contributed by atoms with Crippen molar-refractivity contribution < 1.29 is 4.79 Å². The van der Waals surface area contributed by atoms with Crippen molar-refractivity contribution in [2.24, 2.45) is 5.73 Å². The van der Waals surface area contributed by atoms with Crippen molar-refractivity contribution >= 4 is 6.03 Å². The van der Waals surface area contributed by atoms with Crippen molar-refractivity contribution in [1.82, 2.24) is 19.5 Å². The summed E-state index contributed by atoms with van der Waals surface area (Å²) in [5, 5.41) is 0. The average molecular weight is 219 g/mol. The molecule has 0 bridgehead atoms. The fourth-order valence-corrected chi connectivity index (χ4v) is 1.34. The Morgan fingerprint density at radius 3 is 2.94 bits per heavy atom. The molecule has 0 unspecified atom stereocenters. The van der Waals surface area contributed by atoms with Gasteiger partial charge in [-0.1, -0.05) is 0 Å². The van der Waals surface area contributed by atoms with E-state index in [1.54, 1.807) is 6.92 Å². The van der Waals surface area contributed by atoms with Crippen LogP contribution in [0.2, 0.25) is 0 Å². The van der Waals surface area contributed by atoms with Gasteiger partial charge in [-0.2, -0.15) is 0 Å². The van der Waals surface area contributed by atoms with E-state index in [1.165, 1.54) is 18.5 Å². The molecule has 2 aromatic rings. The number of imidazole rings is 1. The highest BCUT2D eigenvalue weighted by molar-refractivity contribution is 5.78. The molecular formula is C9H9N5O2. The number of carbonyl (C=O) groups is 1. The molecule has 0 atom stereocenters. The van der Waals surface area contributed by atoms with E-state index in [2.05, 4.69) is 15.0 Å². The molecule has 7 heteroatoms. The van der Waals surface area contributed by atoms with Gasteiger partial charge in [-0.05, 0) is 6.92 Å². The number of aryl methyl sites for hydroxylation is 1. The smallest absolute Gasteiger partial charge is 0.324 e. The number of rotatable bonds is 1. The number of aromatic nitrogens is 4. The lowest BCUT2D eigenvalue weighted by Gasteiger charge is -2.02. The molecule has 0 saturated heterocycles. The number of hydrogen-bond donors (Lipinski definition) is 2. The highest BCUT2D eigenvalue weighted by atomic mass is 16.2. The summed E-state index contributed by atoms with van der Waals surface area (Å²) < 4.78 is 1.11. The van der Waals surface area contributed by atoms with Gasteiger partial charge in [0, 0.05) is 24.2 Å². The Balaban J connectivity index is 2.63. The number of nitrogens with one attached hydrogen (secondary N) is 1. The second kappa shape index (κ2) is 3.61. The van der Waals surface area contributed by atoms with E-state index >= 15 is 0 Å². The number of aromatic amines is 1. The number of primary amides is 1. The number of hydrogen-bond acceptors (Lipinski definition) is 4. The first kappa shape index (κ1) is 10.1.